The van der Waals surface area contributed by atoms with Crippen LogP contribution in [0.5, 0.6) is 5.75 Å². The molecule has 0 bridgehead atoms. The number of nitrogens with zero attached hydrogens (tertiary/aromatic N) is 2. The molecule has 0 fully saturated rings. The Morgan fingerprint density at radius 3 is 2.48 bits per heavy atom. The number of rotatable bonds is 6. The van der Waals surface area contributed by atoms with Crippen LogP contribution in [0.1, 0.15) is 42.9 Å². The molecule has 0 aliphatic heterocycles. The maximum Gasteiger partial charge on any atom is 0.272 e. The van der Waals surface area contributed by atoms with Crippen molar-refractivity contribution in [3.8, 4) is 11.4 Å². The van der Waals surface area contributed by atoms with Crippen LogP contribution in [0.4, 0.5) is 4.39 Å². The number of benzene rings is 2. The van der Waals surface area contributed by atoms with E-state index in [-0.39, 0.29) is 17.8 Å². The summed E-state index contributed by atoms with van der Waals surface area (Å²) in [6, 6.07) is 15.1. The molecule has 0 saturated heterocycles. The first-order valence-corrected chi connectivity index (χ1v) is 9.27. The molecule has 6 nitrogen and oxygen atoms in total. The van der Waals surface area contributed by atoms with Gasteiger partial charge in [-0.25, -0.2) is 4.39 Å². The Bertz CT molecular complexity index is 1060. The molecule has 0 unspecified atom stereocenters. The SMILES string of the molecule is CC(C)Oc1cccc([C@@H](C)NC(=O)c2ccc(=O)n(-c3ccc(F)cc3)n2)c1. The fourth-order valence-electron chi connectivity index (χ4n) is 2.78. The lowest BCUT2D eigenvalue weighted by molar-refractivity contribution is 0.0933. The first-order chi connectivity index (χ1) is 13.8. The lowest BCUT2D eigenvalue weighted by Gasteiger charge is -2.16. The van der Waals surface area contributed by atoms with Crippen molar-refractivity contribution in [2.45, 2.75) is 32.9 Å². The molecule has 0 spiro atoms. The van der Waals surface area contributed by atoms with E-state index >= 15 is 0 Å². The van der Waals surface area contributed by atoms with Crippen molar-refractivity contribution in [1.82, 2.24) is 15.1 Å². The summed E-state index contributed by atoms with van der Waals surface area (Å²) in [6.45, 7) is 5.74. The molecule has 7 heteroatoms. The molecule has 3 aromatic rings. The van der Waals surface area contributed by atoms with Crippen LogP contribution in [0, 0.1) is 5.82 Å². The summed E-state index contributed by atoms with van der Waals surface area (Å²) in [4.78, 5) is 24.8. The number of hydrogen-bond acceptors (Lipinski definition) is 4. The van der Waals surface area contributed by atoms with Crippen molar-refractivity contribution < 1.29 is 13.9 Å². The molecule has 29 heavy (non-hydrogen) atoms. The zero-order valence-electron chi connectivity index (χ0n) is 16.4. The number of aromatic nitrogens is 2. The van der Waals surface area contributed by atoms with E-state index in [4.69, 9.17) is 4.74 Å². The highest BCUT2D eigenvalue weighted by Gasteiger charge is 2.15. The van der Waals surface area contributed by atoms with Crippen molar-refractivity contribution in [2.75, 3.05) is 0 Å². The second kappa shape index (κ2) is 8.68. The highest BCUT2D eigenvalue weighted by Crippen LogP contribution is 2.20. The van der Waals surface area contributed by atoms with Crippen LogP contribution in [-0.4, -0.2) is 21.8 Å². The van der Waals surface area contributed by atoms with Gasteiger partial charge < -0.3 is 10.1 Å². The molecule has 1 atom stereocenters. The quantitative estimate of drug-likeness (QED) is 0.691. The van der Waals surface area contributed by atoms with E-state index in [0.29, 0.717) is 5.69 Å². The minimum atomic E-state index is -0.427. The van der Waals surface area contributed by atoms with Gasteiger partial charge in [0.05, 0.1) is 17.8 Å². The second-order valence-corrected chi connectivity index (χ2v) is 6.88. The smallest absolute Gasteiger partial charge is 0.272 e. The molecule has 2 aromatic carbocycles. The highest BCUT2D eigenvalue weighted by molar-refractivity contribution is 5.92. The van der Waals surface area contributed by atoms with Crippen LogP contribution in [0.25, 0.3) is 5.69 Å². The second-order valence-electron chi connectivity index (χ2n) is 6.88. The number of carbonyl (C=O) groups is 1. The van der Waals surface area contributed by atoms with E-state index in [2.05, 4.69) is 10.4 Å². The van der Waals surface area contributed by atoms with E-state index in [1.54, 1.807) is 0 Å². The van der Waals surface area contributed by atoms with Crippen molar-refractivity contribution in [1.29, 1.82) is 0 Å². The van der Waals surface area contributed by atoms with E-state index in [0.717, 1.165) is 16.0 Å². The first kappa shape index (κ1) is 20.3. The fraction of sp³-hybridized carbons (Fsp3) is 0.227. The molecule has 150 valence electrons. The average molecular weight is 395 g/mol. The third-order valence-electron chi connectivity index (χ3n) is 4.18. The van der Waals surface area contributed by atoms with Crippen molar-refractivity contribution in [2.24, 2.45) is 0 Å². The van der Waals surface area contributed by atoms with Gasteiger partial charge in [-0.15, -0.1) is 0 Å². The van der Waals surface area contributed by atoms with Crippen LogP contribution in [-0.2, 0) is 0 Å². The summed E-state index contributed by atoms with van der Waals surface area (Å²) < 4.78 is 19.9. The zero-order chi connectivity index (χ0) is 21.0. The summed E-state index contributed by atoms with van der Waals surface area (Å²) >= 11 is 0. The van der Waals surface area contributed by atoms with Gasteiger partial charge in [0, 0.05) is 6.07 Å². The topological polar surface area (TPSA) is 73.2 Å². The summed E-state index contributed by atoms with van der Waals surface area (Å²) in [7, 11) is 0. The number of amides is 1. The van der Waals surface area contributed by atoms with Gasteiger partial charge in [-0.05, 0) is 68.8 Å². The standard InChI is InChI=1S/C22H22FN3O3/c1-14(2)29-19-6-4-5-16(13-19)15(3)24-22(28)20-11-12-21(27)26(25-20)18-9-7-17(23)8-10-18/h4-15H,1-3H3,(H,24,28)/t15-/m1/s1. The molecule has 1 amide bonds. The molecule has 1 N–H and O–H groups in total. The minimum Gasteiger partial charge on any atom is -0.491 e. The summed E-state index contributed by atoms with van der Waals surface area (Å²) in [5.41, 5.74) is 0.913. The summed E-state index contributed by atoms with van der Waals surface area (Å²) in [5.74, 6) is -0.127. The molecular formula is C22H22FN3O3. The summed E-state index contributed by atoms with van der Waals surface area (Å²) in [6.07, 6.45) is 0.0480. The highest BCUT2D eigenvalue weighted by atomic mass is 19.1. The Kier molecular flexibility index (Phi) is 6.07. The van der Waals surface area contributed by atoms with E-state index in [9.17, 15) is 14.0 Å². The number of carbonyl (C=O) groups excluding carboxylic acids is 1. The lowest BCUT2D eigenvalue weighted by atomic mass is 10.1. The normalized spacial score (nSPS) is 11.9. The minimum absolute atomic E-state index is 0.0480. The van der Waals surface area contributed by atoms with Gasteiger partial charge in [-0.3, -0.25) is 9.59 Å². The van der Waals surface area contributed by atoms with Crippen LogP contribution in [0.2, 0.25) is 0 Å². The van der Waals surface area contributed by atoms with Gasteiger partial charge in [0.2, 0.25) is 0 Å². The van der Waals surface area contributed by atoms with Crippen molar-refractivity contribution in [3.63, 3.8) is 0 Å². The van der Waals surface area contributed by atoms with Crippen LogP contribution in [0.15, 0.2) is 65.5 Å². The Hall–Kier alpha value is -3.48. The van der Waals surface area contributed by atoms with Gasteiger partial charge in [-0.1, -0.05) is 12.1 Å². The van der Waals surface area contributed by atoms with E-state index in [1.807, 2.05) is 45.0 Å². The van der Waals surface area contributed by atoms with Crippen LogP contribution < -0.4 is 15.6 Å². The van der Waals surface area contributed by atoms with Crippen LogP contribution in [0.3, 0.4) is 0 Å². The van der Waals surface area contributed by atoms with E-state index in [1.165, 1.54) is 36.4 Å². The molecule has 0 aliphatic rings. The van der Waals surface area contributed by atoms with Gasteiger partial charge in [0.15, 0.2) is 0 Å². The molecule has 0 aliphatic carbocycles. The predicted octanol–water partition coefficient (Wildman–Crippen LogP) is 3.65. The Morgan fingerprint density at radius 2 is 1.79 bits per heavy atom. The third-order valence-corrected chi connectivity index (χ3v) is 4.18. The predicted molar refractivity (Wildman–Crippen MR) is 108 cm³/mol. The number of ether oxygens (including phenoxy) is 1. The number of hydrogen-bond donors (Lipinski definition) is 1. The number of nitrogens with one attached hydrogen (secondary N) is 1. The van der Waals surface area contributed by atoms with Crippen molar-refractivity contribution in [3.05, 3.63) is 88.1 Å². The molecular weight excluding hydrogens is 373 g/mol. The Morgan fingerprint density at radius 1 is 1.07 bits per heavy atom. The number of halogens is 1. The maximum absolute atomic E-state index is 13.1. The van der Waals surface area contributed by atoms with E-state index < -0.39 is 17.3 Å². The van der Waals surface area contributed by atoms with Gasteiger partial charge in [0.1, 0.15) is 17.3 Å². The maximum atomic E-state index is 13.1. The molecule has 0 radical (unpaired) electrons. The fourth-order valence-corrected chi connectivity index (χ4v) is 2.78. The first-order valence-electron chi connectivity index (χ1n) is 9.27. The van der Waals surface area contributed by atoms with Crippen LogP contribution >= 0.6 is 0 Å². The van der Waals surface area contributed by atoms with Gasteiger partial charge in [-0.2, -0.15) is 9.78 Å². The Labute approximate surface area is 168 Å². The molecule has 0 saturated carbocycles. The molecule has 1 heterocycles. The molecule has 1 aromatic heterocycles. The zero-order valence-corrected chi connectivity index (χ0v) is 16.4. The molecule has 3 rings (SSSR count). The van der Waals surface area contributed by atoms with Gasteiger partial charge >= 0.3 is 0 Å². The van der Waals surface area contributed by atoms with Crippen molar-refractivity contribution >= 4 is 5.91 Å². The monoisotopic (exact) mass is 395 g/mol. The van der Waals surface area contributed by atoms with Gasteiger partial charge in [0.25, 0.3) is 11.5 Å². The Balaban J connectivity index is 1.79. The lowest BCUT2D eigenvalue weighted by Crippen LogP contribution is -2.30. The summed E-state index contributed by atoms with van der Waals surface area (Å²) in [5, 5.41) is 6.99. The average Bonchev–Trinajstić information content (AvgIpc) is 2.68. The largest absolute Gasteiger partial charge is 0.491 e. The third kappa shape index (κ3) is 5.07.